The normalized spacial score (nSPS) is 21.9. The highest BCUT2D eigenvalue weighted by Crippen LogP contribution is 2.38. The molecular weight excluding hydrogens is 272 g/mol. The molecule has 0 aromatic carbocycles. The van der Waals surface area contributed by atoms with E-state index in [1.807, 2.05) is 23.3 Å². The standard InChI is InChI=1S/C15H20N2O2S/c1-11-12(3-9-20-11)14(19)17-7-5-15(6-8-17)4-2-13(18)16-10-15/h3,9H,2,4-8,10H2,1H3,(H,16,18). The van der Waals surface area contributed by atoms with Crippen LogP contribution in [0.1, 0.15) is 40.9 Å². The van der Waals surface area contributed by atoms with Crippen LogP contribution in [0, 0.1) is 12.3 Å². The molecule has 0 unspecified atom stereocenters. The van der Waals surface area contributed by atoms with Crippen molar-refractivity contribution < 1.29 is 9.59 Å². The Kier molecular flexibility index (Phi) is 3.54. The maximum atomic E-state index is 12.5. The van der Waals surface area contributed by atoms with Crippen LogP contribution in [0.4, 0.5) is 0 Å². The van der Waals surface area contributed by atoms with E-state index in [-0.39, 0.29) is 17.2 Å². The number of nitrogens with one attached hydrogen (secondary N) is 1. The first-order chi connectivity index (χ1) is 9.60. The molecule has 2 amide bonds. The van der Waals surface area contributed by atoms with Crippen molar-refractivity contribution in [2.75, 3.05) is 19.6 Å². The number of hydrogen-bond donors (Lipinski definition) is 1. The Morgan fingerprint density at radius 1 is 1.35 bits per heavy atom. The molecule has 3 heterocycles. The van der Waals surface area contributed by atoms with Gasteiger partial charge in [0, 0.05) is 30.9 Å². The smallest absolute Gasteiger partial charge is 0.254 e. The van der Waals surface area contributed by atoms with Gasteiger partial charge in [-0.15, -0.1) is 11.3 Å². The van der Waals surface area contributed by atoms with E-state index in [9.17, 15) is 9.59 Å². The Morgan fingerprint density at radius 2 is 2.10 bits per heavy atom. The molecule has 4 nitrogen and oxygen atoms in total. The highest BCUT2D eigenvalue weighted by Gasteiger charge is 2.38. The Labute approximate surface area is 123 Å². The molecule has 1 aromatic heterocycles. The molecule has 0 saturated carbocycles. The number of aryl methyl sites for hydroxylation is 1. The van der Waals surface area contributed by atoms with Crippen molar-refractivity contribution in [2.24, 2.45) is 5.41 Å². The molecule has 5 heteroatoms. The number of rotatable bonds is 1. The third kappa shape index (κ3) is 2.46. The summed E-state index contributed by atoms with van der Waals surface area (Å²) in [5.41, 5.74) is 1.08. The lowest BCUT2D eigenvalue weighted by molar-refractivity contribution is -0.125. The maximum absolute atomic E-state index is 12.5. The van der Waals surface area contributed by atoms with Gasteiger partial charge in [-0.1, -0.05) is 0 Å². The van der Waals surface area contributed by atoms with Crippen LogP contribution in [-0.4, -0.2) is 36.3 Å². The fourth-order valence-electron chi connectivity index (χ4n) is 3.23. The van der Waals surface area contributed by atoms with Gasteiger partial charge in [0.15, 0.2) is 0 Å². The molecule has 1 N–H and O–H groups in total. The number of carbonyl (C=O) groups is 2. The molecule has 1 aromatic rings. The molecular formula is C15H20N2O2S. The number of hydrogen-bond acceptors (Lipinski definition) is 3. The predicted octanol–water partition coefficient (Wildman–Crippen LogP) is 2.19. The minimum Gasteiger partial charge on any atom is -0.356 e. The molecule has 0 atom stereocenters. The van der Waals surface area contributed by atoms with Crippen LogP contribution in [-0.2, 0) is 4.79 Å². The summed E-state index contributed by atoms with van der Waals surface area (Å²) in [6.07, 6.45) is 3.61. The van der Waals surface area contributed by atoms with Gasteiger partial charge in [0.2, 0.25) is 5.91 Å². The van der Waals surface area contributed by atoms with Crippen molar-refractivity contribution in [3.8, 4) is 0 Å². The van der Waals surface area contributed by atoms with E-state index in [0.717, 1.165) is 49.3 Å². The number of carbonyl (C=O) groups excluding carboxylic acids is 2. The fourth-order valence-corrected chi connectivity index (χ4v) is 3.92. The first-order valence-corrected chi connectivity index (χ1v) is 8.08. The van der Waals surface area contributed by atoms with E-state index in [4.69, 9.17) is 0 Å². The lowest BCUT2D eigenvalue weighted by Gasteiger charge is -2.44. The second kappa shape index (κ2) is 5.20. The van der Waals surface area contributed by atoms with Gasteiger partial charge in [-0.05, 0) is 43.0 Å². The lowest BCUT2D eigenvalue weighted by atomic mass is 9.73. The van der Waals surface area contributed by atoms with Gasteiger partial charge in [0.1, 0.15) is 0 Å². The number of likely N-dealkylation sites (tertiary alicyclic amines) is 1. The average Bonchev–Trinajstić information content (AvgIpc) is 2.89. The number of nitrogens with zero attached hydrogens (tertiary/aromatic N) is 1. The molecule has 1 spiro atoms. The van der Waals surface area contributed by atoms with Crippen molar-refractivity contribution in [3.05, 3.63) is 21.9 Å². The van der Waals surface area contributed by atoms with E-state index >= 15 is 0 Å². The summed E-state index contributed by atoms with van der Waals surface area (Å²) in [7, 11) is 0. The van der Waals surface area contributed by atoms with Crippen LogP contribution in [0.25, 0.3) is 0 Å². The van der Waals surface area contributed by atoms with Gasteiger partial charge in [-0.3, -0.25) is 9.59 Å². The lowest BCUT2D eigenvalue weighted by Crippen LogP contribution is -2.50. The zero-order chi connectivity index (χ0) is 14.2. The first kappa shape index (κ1) is 13.6. The molecule has 2 saturated heterocycles. The van der Waals surface area contributed by atoms with Crippen molar-refractivity contribution >= 4 is 23.2 Å². The Morgan fingerprint density at radius 3 is 2.65 bits per heavy atom. The van der Waals surface area contributed by atoms with Crippen molar-refractivity contribution in [2.45, 2.75) is 32.6 Å². The summed E-state index contributed by atoms with van der Waals surface area (Å²) in [4.78, 5) is 26.8. The highest BCUT2D eigenvalue weighted by atomic mass is 32.1. The SMILES string of the molecule is Cc1sccc1C(=O)N1CCC2(CCC(=O)NC2)CC1. The summed E-state index contributed by atoms with van der Waals surface area (Å²) in [5, 5.41) is 4.96. The second-order valence-electron chi connectivity index (χ2n) is 5.96. The van der Waals surface area contributed by atoms with Crippen LogP contribution in [0.2, 0.25) is 0 Å². The minimum atomic E-state index is 0.165. The minimum absolute atomic E-state index is 0.165. The molecule has 20 heavy (non-hydrogen) atoms. The molecule has 2 aliphatic heterocycles. The molecule has 108 valence electrons. The molecule has 0 aliphatic carbocycles. The highest BCUT2D eigenvalue weighted by molar-refractivity contribution is 7.10. The van der Waals surface area contributed by atoms with Crippen LogP contribution < -0.4 is 5.32 Å². The van der Waals surface area contributed by atoms with Gasteiger partial charge in [-0.25, -0.2) is 0 Å². The van der Waals surface area contributed by atoms with E-state index in [1.54, 1.807) is 11.3 Å². The predicted molar refractivity (Wildman–Crippen MR) is 78.9 cm³/mol. The van der Waals surface area contributed by atoms with Crippen molar-refractivity contribution in [1.29, 1.82) is 0 Å². The van der Waals surface area contributed by atoms with E-state index in [1.165, 1.54) is 0 Å². The van der Waals surface area contributed by atoms with Gasteiger partial charge in [0.05, 0.1) is 5.56 Å². The Bertz CT molecular complexity index is 518. The monoisotopic (exact) mass is 292 g/mol. The molecule has 2 aliphatic rings. The number of piperidine rings is 2. The zero-order valence-corrected chi connectivity index (χ0v) is 12.6. The topological polar surface area (TPSA) is 49.4 Å². The van der Waals surface area contributed by atoms with Gasteiger partial charge < -0.3 is 10.2 Å². The third-order valence-corrected chi connectivity index (χ3v) is 5.59. The Balaban J connectivity index is 1.63. The van der Waals surface area contributed by atoms with E-state index < -0.39 is 0 Å². The molecule has 2 fully saturated rings. The zero-order valence-electron chi connectivity index (χ0n) is 11.8. The van der Waals surface area contributed by atoms with E-state index in [0.29, 0.717) is 6.42 Å². The number of thiophene rings is 1. The summed E-state index contributed by atoms with van der Waals surface area (Å²) < 4.78 is 0. The molecule has 0 radical (unpaired) electrons. The van der Waals surface area contributed by atoms with Crippen LogP contribution >= 0.6 is 11.3 Å². The summed E-state index contributed by atoms with van der Waals surface area (Å²) in [6, 6.07) is 1.92. The van der Waals surface area contributed by atoms with Crippen molar-refractivity contribution in [3.63, 3.8) is 0 Å². The largest absolute Gasteiger partial charge is 0.356 e. The average molecular weight is 292 g/mol. The Hall–Kier alpha value is -1.36. The summed E-state index contributed by atoms with van der Waals surface area (Å²) >= 11 is 1.62. The van der Waals surface area contributed by atoms with Crippen LogP contribution in [0.15, 0.2) is 11.4 Å². The van der Waals surface area contributed by atoms with Gasteiger partial charge in [-0.2, -0.15) is 0 Å². The maximum Gasteiger partial charge on any atom is 0.254 e. The van der Waals surface area contributed by atoms with Crippen LogP contribution in [0.5, 0.6) is 0 Å². The number of amides is 2. The fraction of sp³-hybridized carbons (Fsp3) is 0.600. The van der Waals surface area contributed by atoms with E-state index in [2.05, 4.69) is 5.32 Å². The second-order valence-corrected chi connectivity index (χ2v) is 7.08. The molecule has 3 rings (SSSR count). The summed E-state index contributed by atoms with van der Waals surface area (Å²) in [5.74, 6) is 0.335. The quantitative estimate of drug-likeness (QED) is 0.862. The summed E-state index contributed by atoms with van der Waals surface area (Å²) in [6.45, 7) is 4.40. The van der Waals surface area contributed by atoms with Gasteiger partial charge in [0.25, 0.3) is 5.91 Å². The van der Waals surface area contributed by atoms with Crippen molar-refractivity contribution in [1.82, 2.24) is 10.2 Å². The van der Waals surface area contributed by atoms with Crippen LogP contribution in [0.3, 0.4) is 0 Å². The third-order valence-electron chi connectivity index (χ3n) is 4.74. The molecule has 0 bridgehead atoms. The first-order valence-electron chi connectivity index (χ1n) is 7.20. The van der Waals surface area contributed by atoms with Gasteiger partial charge >= 0.3 is 0 Å².